The van der Waals surface area contributed by atoms with E-state index >= 15 is 0 Å². The van der Waals surface area contributed by atoms with Crippen LogP contribution < -0.4 is 0 Å². The van der Waals surface area contributed by atoms with Gasteiger partial charge in [0.05, 0.1) is 6.10 Å². The zero-order valence-corrected chi connectivity index (χ0v) is 8.38. The summed E-state index contributed by atoms with van der Waals surface area (Å²) in [6.07, 6.45) is 1.76. The summed E-state index contributed by atoms with van der Waals surface area (Å²) in [7, 11) is 0. The SMILES string of the molecule is C=CCC(O)c1ccc(C)c(Cl)c1. The predicted molar refractivity (Wildman–Crippen MR) is 56.0 cm³/mol. The summed E-state index contributed by atoms with van der Waals surface area (Å²) in [5.74, 6) is 0. The summed E-state index contributed by atoms with van der Waals surface area (Å²) >= 11 is 5.92. The molecule has 1 N–H and O–H groups in total. The van der Waals surface area contributed by atoms with Crippen molar-refractivity contribution in [1.29, 1.82) is 0 Å². The molecule has 0 heterocycles. The maximum absolute atomic E-state index is 9.61. The van der Waals surface area contributed by atoms with Crippen LogP contribution in [0.1, 0.15) is 23.7 Å². The minimum Gasteiger partial charge on any atom is -0.388 e. The van der Waals surface area contributed by atoms with Gasteiger partial charge in [-0.05, 0) is 30.5 Å². The average molecular weight is 197 g/mol. The molecule has 0 radical (unpaired) electrons. The van der Waals surface area contributed by atoms with Crippen LogP contribution >= 0.6 is 11.6 Å². The molecule has 1 nitrogen and oxygen atoms in total. The highest BCUT2D eigenvalue weighted by Gasteiger charge is 2.06. The lowest BCUT2D eigenvalue weighted by Crippen LogP contribution is -1.95. The molecule has 0 aliphatic carbocycles. The van der Waals surface area contributed by atoms with Gasteiger partial charge in [0.25, 0.3) is 0 Å². The van der Waals surface area contributed by atoms with Crippen LogP contribution in [0.15, 0.2) is 30.9 Å². The molecule has 2 heteroatoms. The molecule has 0 fully saturated rings. The van der Waals surface area contributed by atoms with Crippen LogP contribution in [0.5, 0.6) is 0 Å². The highest BCUT2D eigenvalue weighted by molar-refractivity contribution is 6.31. The molecule has 1 unspecified atom stereocenters. The fraction of sp³-hybridized carbons (Fsp3) is 0.273. The minimum absolute atomic E-state index is 0.490. The minimum atomic E-state index is -0.490. The summed E-state index contributed by atoms with van der Waals surface area (Å²) in [5, 5.41) is 10.3. The predicted octanol–water partition coefficient (Wildman–Crippen LogP) is 3.26. The Morgan fingerprint density at radius 3 is 2.85 bits per heavy atom. The third-order valence-electron chi connectivity index (χ3n) is 1.97. The molecular weight excluding hydrogens is 184 g/mol. The van der Waals surface area contributed by atoms with Crippen molar-refractivity contribution in [2.45, 2.75) is 19.4 Å². The van der Waals surface area contributed by atoms with Crippen LogP contribution in [0.3, 0.4) is 0 Å². The average Bonchev–Trinajstić information content (AvgIpc) is 2.10. The maximum atomic E-state index is 9.61. The van der Waals surface area contributed by atoms with Crippen LogP contribution in [-0.4, -0.2) is 5.11 Å². The highest BCUT2D eigenvalue weighted by atomic mass is 35.5. The summed E-state index contributed by atoms with van der Waals surface area (Å²) in [5.41, 5.74) is 1.87. The molecule has 1 atom stereocenters. The van der Waals surface area contributed by atoms with Crippen LogP contribution in [0.2, 0.25) is 5.02 Å². The molecule has 0 spiro atoms. The number of aliphatic hydroxyl groups is 1. The number of hydrogen-bond donors (Lipinski definition) is 1. The van der Waals surface area contributed by atoms with Crippen molar-refractivity contribution in [2.75, 3.05) is 0 Å². The fourth-order valence-corrected chi connectivity index (χ4v) is 1.30. The smallest absolute Gasteiger partial charge is 0.0824 e. The second-order valence-corrected chi connectivity index (χ2v) is 3.46. The van der Waals surface area contributed by atoms with Crippen molar-refractivity contribution in [3.63, 3.8) is 0 Å². The lowest BCUT2D eigenvalue weighted by atomic mass is 10.1. The third kappa shape index (κ3) is 2.58. The van der Waals surface area contributed by atoms with Gasteiger partial charge in [0.15, 0.2) is 0 Å². The van der Waals surface area contributed by atoms with Gasteiger partial charge >= 0.3 is 0 Å². The number of rotatable bonds is 3. The second kappa shape index (κ2) is 4.45. The second-order valence-electron chi connectivity index (χ2n) is 3.05. The largest absolute Gasteiger partial charge is 0.388 e. The lowest BCUT2D eigenvalue weighted by Gasteiger charge is -2.09. The summed E-state index contributed by atoms with van der Waals surface area (Å²) in [6, 6.07) is 5.59. The first kappa shape index (κ1) is 10.3. The van der Waals surface area contributed by atoms with Crippen molar-refractivity contribution in [1.82, 2.24) is 0 Å². The highest BCUT2D eigenvalue weighted by Crippen LogP contribution is 2.23. The molecule has 0 bridgehead atoms. The van der Waals surface area contributed by atoms with E-state index in [0.717, 1.165) is 11.1 Å². The van der Waals surface area contributed by atoms with E-state index in [0.29, 0.717) is 11.4 Å². The zero-order chi connectivity index (χ0) is 9.84. The van der Waals surface area contributed by atoms with Gasteiger partial charge in [0.1, 0.15) is 0 Å². The monoisotopic (exact) mass is 196 g/mol. The summed E-state index contributed by atoms with van der Waals surface area (Å²) in [6.45, 7) is 5.51. The molecular formula is C11H13ClO. The Labute approximate surface area is 83.7 Å². The van der Waals surface area contributed by atoms with Crippen molar-refractivity contribution >= 4 is 11.6 Å². The number of halogens is 1. The van der Waals surface area contributed by atoms with Gasteiger partial charge in [0.2, 0.25) is 0 Å². The summed E-state index contributed by atoms with van der Waals surface area (Å²) < 4.78 is 0. The lowest BCUT2D eigenvalue weighted by molar-refractivity contribution is 0.181. The van der Waals surface area contributed by atoms with Gasteiger partial charge in [-0.2, -0.15) is 0 Å². The zero-order valence-electron chi connectivity index (χ0n) is 7.63. The Kier molecular flexibility index (Phi) is 3.52. The van der Waals surface area contributed by atoms with E-state index in [1.165, 1.54) is 0 Å². The summed E-state index contributed by atoms with van der Waals surface area (Å²) in [4.78, 5) is 0. The maximum Gasteiger partial charge on any atom is 0.0824 e. The van der Waals surface area contributed by atoms with Gasteiger partial charge in [-0.25, -0.2) is 0 Å². The standard InChI is InChI=1S/C11H13ClO/c1-3-4-11(13)9-6-5-8(2)10(12)7-9/h3,5-7,11,13H,1,4H2,2H3. The molecule has 0 aromatic heterocycles. The molecule has 70 valence electrons. The van der Waals surface area contributed by atoms with Gasteiger partial charge in [-0.3, -0.25) is 0 Å². The molecule has 13 heavy (non-hydrogen) atoms. The molecule has 0 saturated heterocycles. The number of hydrogen-bond acceptors (Lipinski definition) is 1. The van der Waals surface area contributed by atoms with E-state index in [2.05, 4.69) is 6.58 Å². The quantitative estimate of drug-likeness (QED) is 0.736. The Morgan fingerprint density at radius 2 is 2.31 bits per heavy atom. The van der Waals surface area contributed by atoms with Gasteiger partial charge < -0.3 is 5.11 Å². The Bertz CT molecular complexity index is 307. The van der Waals surface area contributed by atoms with E-state index in [4.69, 9.17) is 11.6 Å². The first-order valence-electron chi connectivity index (χ1n) is 4.20. The molecule has 0 aliphatic rings. The van der Waals surface area contributed by atoms with Crippen LogP contribution in [-0.2, 0) is 0 Å². The first-order chi connectivity index (χ1) is 6.15. The van der Waals surface area contributed by atoms with E-state index in [9.17, 15) is 5.11 Å². The van der Waals surface area contributed by atoms with Crippen LogP contribution in [0.4, 0.5) is 0 Å². The first-order valence-corrected chi connectivity index (χ1v) is 4.58. The molecule has 1 aromatic rings. The van der Waals surface area contributed by atoms with Crippen molar-refractivity contribution in [3.8, 4) is 0 Å². The van der Waals surface area contributed by atoms with Crippen molar-refractivity contribution in [2.24, 2.45) is 0 Å². The number of aliphatic hydroxyl groups excluding tert-OH is 1. The van der Waals surface area contributed by atoms with Crippen LogP contribution in [0.25, 0.3) is 0 Å². The molecule has 0 amide bonds. The van der Waals surface area contributed by atoms with E-state index in [1.807, 2.05) is 19.1 Å². The van der Waals surface area contributed by atoms with Gasteiger partial charge in [-0.15, -0.1) is 6.58 Å². The Balaban J connectivity index is 2.89. The molecule has 0 saturated carbocycles. The Hall–Kier alpha value is -0.790. The van der Waals surface area contributed by atoms with E-state index < -0.39 is 6.10 Å². The van der Waals surface area contributed by atoms with Crippen molar-refractivity contribution < 1.29 is 5.11 Å². The molecule has 1 aromatic carbocycles. The van der Waals surface area contributed by atoms with Crippen molar-refractivity contribution in [3.05, 3.63) is 47.0 Å². The molecule has 0 aliphatic heterocycles. The van der Waals surface area contributed by atoms with Crippen LogP contribution in [0, 0.1) is 6.92 Å². The molecule has 1 rings (SSSR count). The van der Waals surface area contributed by atoms with Gasteiger partial charge in [-0.1, -0.05) is 29.8 Å². The van der Waals surface area contributed by atoms with E-state index in [-0.39, 0.29) is 0 Å². The fourth-order valence-electron chi connectivity index (χ4n) is 1.11. The Morgan fingerprint density at radius 1 is 1.62 bits per heavy atom. The third-order valence-corrected chi connectivity index (χ3v) is 2.38. The van der Waals surface area contributed by atoms with E-state index in [1.54, 1.807) is 12.1 Å². The number of aryl methyl sites for hydroxylation is 1. The number of benzene rings is 1. The topological polar surface area (TPSA) is 20.2 Å². The normalized spacial score (nSPS) is 12.5. The van der Waals surface area contributed by atoms with Gasteiger partial charge in [0, 0.05) is 5.02 Å².